The number of β-amino-alcohol motifs (C(OH)–C–C–N with tert-alkyl or cyclic N) is 1. The Morgan fingerprint density at radius 2 is 1.96 bits per heavy atom. The molecule has 0 bridgehead atoms. The van der Waals surface area contributed by atoms with Crippen molar-refractivity contribution in [3.63, 3.8) is 0 Å². The zero-order valence-electron chi connectivity index (χ0n) is 12.7. The van der Waals surface area contributed by atoms with E-state index in [1.165, 1.54) is 0 Å². The van der Waals surface area contributed by atoms with Crippen molar-refractivity contribution in [3.8, 4) is 0 Å². The van der Waals surface area contributed by atoms with Gasteiger partial charge in [-0.2, -0.15) is 13.2 Å². The van der Waals surface area contributed by atoms with Gasteiger partial charge in [0, 0.05) is 12.5 Å². The summed E-state index contributed by atoms with van der Waals surface area (Å²) in [6, 6.07) is 7.83. The minimum absolute atomic E-state index is 0.0758. The lowest BCUT2D eigenvalue weighted by molar-refractivity contribution is -0.155. The summed E-state index contributed by atoms with van der Waals surface area (Å²) in [5.41, 5.74) is 1.94. The van der Waals surface area contributed by atoms with Crippen LogP contribution in [0.5, 0.6) is 0 Å². The van der Waals surface area contributed by atoms with Gasteiger partial charge in [0.1, 0.15) is 5.82 Å². The monoisotopic (exact) mass is 327 g/mol. The molecule has 126 valence electrons. The SMILES string of the molecule is OC(CN1CCC(c2nc3ccccc3[nH]2)CC1)CC(F)(F)F. The van der Waals surface area contributed by atoms with Crippen LogP contribution >= 0.6 is 0 Å². The molecule has 1 aromatic heterocycles. The van der Waals surface area contributed by atoms with Crippen LogP contribution in [0.25, 0.3) is 11.0 Å². The minimum Gasteiger partial charge on any atom is -0.391 e. The number of aromatic nitrogens is 2. The van der Waals surface area contributed by atoms with Crippen molar-refractivity contribution in [3.05, 3.63) is 30.1 Å². The first-order valence-corrected chi connectivity index (χ1v) is 7.82. The summed E-state index contributed by atoms with van der Waals surface area (Å²) >= 11 is 0. The Morgan fingerprint density at radius 3 is 2.61 bits per heavy atom. The van der Waals surface area contributed by atoms with Gasteiger partial charge in [-0.15, -0.1) is 0 Å². The van der Waals surface area contributed by atoms with Crippen LogP contribution in [-0.2, 0) is 0 Å². The highest BCUT2D eigenvalue weighted by atomic mass is 19.4. The van der Waals surface area contributed by atoms with E-state index in [2.05, 4.69) is 9.97 Å². The van der Waals surface area contributed by atoms with Crippen LogP contribution in [0, 0.1) is 0 Å². The number of aliphatic hydroxyl groups is 1. The zero-order valence-corrected chi connectivity index (χ0v) is 12.7. The molecule has 0 radical (unpaired) electrons. The van der Waals surface area contributed by atoms with E-state index in [0.29, 0.717) is 19.0 Å². The van der Waals surface area contributed by atoms with Crippen LogP contribution in [0.1, 0.15) is 31.0 Å². The fraction of sp³-hybridized carbons (Fsp3) is 0.562. The molecule has 1 fully saturated rings. The van der Waals surface area contributed by atoms with Crippen LogP contribution < -0.4 is 0 Å². The highest BCUT2D eigenvalue weighted by molar-refractivity contribution is 5.74. The van der Waals surface area contributed by atoms with Crippen LogP contribution in [-0.4, -0.2) is 51.9 Å². The maximum absolute atomic E-state index is 12.3. The minimum atomic E-state index is -4.31. The highest BCUT2D eigenvalue weighted by Gasteiger charge is 2.32. The van der Waals surface area contributed by atoms with Gasteiger partial charge < -0.3 is 15.0 Å². The topological polar surface area (TPSA) is 52.1 Å². The predicted molar refractivity (Wildman–Crippen MR) is 81.2 cm³/mol. The number of aromatic amines is 1. The van der Waals surface area contributed by atoms with Crippen molar-refractivity contribution in [1.29, 1.82) is 0 Å². The number of hydrogen-bond acceptors (Lipinski definition) is 3. The van der Waals surface area contributed by atoms with Gasteiger partial charge in [-0.3, -0.25) is 0 Å². The number of benzene rings is 1. The number of likely N-dealkylation sites (tertiary alicyclic amines) is 1. The molecule has 0 saturated carbocycles. The smallest absolute Gasteiger partial charge is 0.391 e. The summed E-state index contributed by atoms with van der Waals surface area (Å²) < 4.78 is 36.8. The predicted octanol–water partition coefficient (Wildman–Crippen LogP) is 3.06. The standard InChI is InChI=1S/C16H20F3N3O/c17-16(18,19)9-12(23)10-22-7-5-11(6-8-22)15-20-13-3-1-2-4-14(13)21-15/h1-4,11-12,23H,5-10H2,(H,20,21). The van der Waals surface area contributed by atoms with Gasteiger partial charge in [0.25, 0.3) is 0 Å². The van der Waals surface area contributed by atoms with Gasteiger partial charge in [0.15, 0.2) is 0 Å². The summed E-state index contributed by atoms with van der Waals surface area (Å²) in [7, 11) is 0. The number of imidazole rings is 1. The van der Waals surface area contributed by atoms with E-state index in [0.717, 1.165) is 29.7 Å². The fourth-order valence-corrected chi connectivity index (χ4v) is 3.18. The van der Waals surface area contributed by atoms with Gasteiger partial charge in [0.05, 0.1) is 23.6 Å². The lowest BCUT2D eigenvalue weighted by Gasteiger charge is -2.32. The number of para-hydroxylation sites is 2. The van der Waals surface area contributed by atoms with E-state index < -0.39 is 18.7 Å². The molecule has 1 aliphatic heterocycles. The molecule has 1 aromatic carbocycles. The summed E-state index contributed by atoms with van der Waals surface area (Å²) in [5.74, 6) is 1.24. The van der Waals surface area contributed by atoms with E-state index in [-0.39, 0.29) is 6.54 Å². The van der Waals surface area contributed by atoms with Crippen LogP contribution in [0.3, 0.4) is 0 Å². The van der Waals surface area contributed by atoms with E-state index >= 15 is 0 Å². The maximum Gasteiger partial charge on any atom is 0.391 e. The third kappa shape index (κ3) is 4.23. The van der Waals surface area contributed by atoms with E-state index in [9.17, 15) is 18.3 Å². The number of rotatable bonds is 4. The van der Waals surface area contributed by atoms with Gasteiger partial charge in [-0.25, -0.2) is 4.98 Å². The molecule has 3 rings (SSSR count). The Bertz CT molecular complexity index is 614. The highest BCUT2D eigenvalue weighted by Crippen LogP contribution is 2.28. The number of alkyl halides is 3. The molecule has 2 aromatic rings. The average molecular weight is 327 g/mol. The normalized spacial score (nSPS) is 19.3. The van der Waals surface area contributed by atoms with Gasteiger partial charge in [0.2, 0.25) is 0 Å². The van der Waals surface area contributed by atoms with Crippen molar-refractivity contribution < 1.29 is 18.3 Å². The lowest BCUT2D eigenvalue weighted by atomic mass is 9.96. The third-order valence-corrected chi connectivity index (χ3v) is 4.32. The number of nitrogens with zero attached hydrogens (tertiary/aromatic N) is 2. The second kappa shape index (κ2) is 6.49. The quantitative estimate of drug-likeness (QED) is 0.907. The largest absolute Gasteiger partial charge is 0.391 e. The van der Waals surface area contributed by atoms with E-state index in [1.807, 2.05) is 29.2 Å². The number of nitrogens with one attached hydrogen (secondary N) is 1. The first-order chi connectivity index (χ1) is 10.9. The Labute approximate surface area is 132 Å². The average Bonchev–Trinajstić information content (AvgIpc) is 2.89. The molecule has 2 N–H and O–H groups in total. The second-order valence-electron chi connectivity index (χ2n) is 6.19. The zero-order chi connectivity index (χ0) is 16.4. The first kappa shape index (κ1) is 16.3. The molecule has 0 aliphatic carbocycles. The molecule has 1 aliphatic rings. The van der Waals surface area contributed by atoms with Crippen LogP contribution in [0.4, 0.5) is 13.2 Å². The van der Waals surface area contributed by atoms with Crippen molar-refractivity contribution in [2.24, 2.45) is 0 Å². The molecule has 4 nitrogen and oxygen atoms in total. The van der Waals surface area contributed by atoms with Crippen molar-refractivity contribution in [1.82, 2.24) is 14.9 Å². The summed E-state index contributed by atoms with van der Waals surface area (Å²) in [4.78, 5) is 9.82. The molecular formula is C16H20F3N3O. The lowest BCUT2D eigenvalue weighted by Crippen LogP contribution is -2.39. The summed E-state index contributed by atoms with van der Waals surface area (Å²) in [6.07, 6.45) is -5.14. The third-order valence-electron chi connectivity index (χ3n) is 4.32. The number of piperidine rings is 1. The van der Waals surface area contributed by atoms with Gasteiger partial charge in [-0.1, -0.05) is 12.1 Å². The molecule has 1 unspecified atom stereocenters. The molecular weight excluding hydrogens is 307 g/mol. The fourth-order valence-electron chi connectivity index (χ4n) is 3.18. The number of halogens is 3. The molecule has 1 atom stereocenters. The Hall–Kier alpha value is -1.60. The van der Waals surface area contributed by atoms with Crippen molar-refractivity contribution in [2.45, 2.75) is 37.5 Å². The molecule has 7 heteroatoms. The molecule has 1 saturated heterocycles. The summed E-state index contributed by atoms with van der Waals surface area (Å²) in [5, 5.41) is 9.54. The second-order valence-corrected chi connectivity index (χ2v) is 6.19. The molecule has 0 amide bonds. The number of H-pyrrole nitrogens is 1. The van der Waals surface area contributed by atoms with Gasteiger partial charge in [-0.05, 0) is 38.1 Å². The molecule has 0 spiro atoms. The van der Waals surface area contributed by atoms with E-state index in [4.69, 9.17) is 0 Å². The molecule has 2 heterocycles. The maximum atomic E-state index is 12.3. The summed E-state index contributed by atoms with van der Waals surface area (Å²) in [6.45, 7) is 1.43. The Kier molecular flexibility index (Phi) is 4.59. The Balaban J connectivity index is 1.54. The first-order valence-electron chi connectivity index (χ1n) is 7.82. The van der Waals surface area contributed by atoms with E-state index in [1.54, 1.807) is 0 Å². The number of aliphatic hydroxyl groups excluding tert-OH is 1. The van der Waals surface area contributed by atoms with Gasteiger partial charge >= 0.3 is 6.18 Å². The number of hydrogen-bond donors (Lipinski definition) is 2. The molecule has 23 heavy (non-hydrogen) atoms. The van der Waals surface area contributed by atoms with Crippen LogP contribution in [0.2, 0.25) is 0 Å². The van der Waals surface area contributed by atoms with Crippen molar-refractivity contribution >= 4 is 11.0 Å². The van der Waals surface area contributed by atoms with Crippen LogP contribution in [0.15, 0.2) is 24.3 Å². The van der Waals surface area contributed by atoms with Crippen molar-refractivity contribution in [2.75, 3.05) is 19.6 Å². The Morgan fingerprint density at radius 1 is 1.26 bits per heavy atom. The number of fused-ring (bicyclic) bond motifs is 1.